The van der Waals surface area contributed by atoms with Gasteiger partial charge in [0.1, 0.15) is 0 Å². The van der Waals surface area contributed by atoms with E-state index in [-0.39, 0.29) is 36.9 Å². The van der Waals surface area contributed by atoms with Gasteiger partial charge in [0.05, 0.1) is 18.1 Å². The number of alkyl halides is 1. The van der Waals surface area contributed by atoms with Crippen LogP contribution in [0.3, 0.4) is 0 Å². The number of rotatable bonds is 15. The third-order valence-corrected chi connectivity index (χ3v) is 4.56. The maximum absolute atomic E-state index is 10.9. The van der Waals surface area contributed by atoms with Gasteiger partial charge < -0.3 is 16.3 Å². The average molecular weight is 383 g/mol. The minimum Gasteiger partial charge on any atom is -1.00 e. The average Bonchev–Trinajstić information content (AvgIpc) is 2.46. The zero-order chi connectivity index (χ0) is 16.8. The van der Waals surface area contributed by atoms with Gasteiger partial charge in [-0.3, -0.25) is 4.52 Å². The zero-order valence-electron chi connectivity index (χ0n) is 15.6. The first kappa shape index (κ1) is 26.6. The monoisotopic (exact) mass is 382 g/mol. The van der Waals surface area contributed by atoms with E-state index in [2.05, 4.69) is 11.4 Å². The molecule has 0 heterocycles. The molecule has 3 N–H and O–H groups in total. The summed E-state index contributed by atoms with van der Waals surface area (Å²) >= 11 is 5.53. The van der Waals surface area contributed by atoms with Gasteiger partial charge in [0.2, 0.25) is 0 Å². The molecule has 0 aliphatic carbocycles. The summed E-state index contributed by atoms with van der Waals surface area (Å²) in [4.78, 5) is 17.7. The zero-order valence-corrected chi connectivity index (χ0v) is 18.3. The molecule has 0 aromatic carbocycles. The van der Waals surface area contributed by atoms with Crippen LogP contribution in [0.15, 0.2) is 0 Å². The van der Waals surface area contributed by atoms with Gasteiger partial charge in [0.25, 0.3) is 0 Å². The van der Waals surface area contributed by atoms with Crippen molar-refractivity contribution in [2.45, 2.75) is 89.8 Å². The molecule has 23 heavy (non-hydrogen) atoms. The summed E-state index contributed by atoms with van der Waals surface area (Å²) in [5.74, 6) is -0.0948. The van der Waals surface area contributed by atoms with Crippen LogP contribution in [-0.4, -0.2) is 33.0 Å². The van der Waals surface area contributed by atoms with E-state index >= 15 is 0 Å². The van der Waals surface area contributed by atoms with Crippen molar-refractivity contribution >= 4 is 19.4 Å². The molecule has 0 amide bonds. The first-order valence-corrected chi connectivity index (χ1v) is 10.4. The minimum absolute atomic E-state index is 0. The molecule has 0 radical (unpaired) electrons. The molecule has 0 aliphatic rings. The van der Waals surface area contributed by atoms with Crippen molar-refractivity contribution < 1.29 is 55.0 Å². The van der Waals surface area contributed by atoms with Gasteiger partial charge in [0.15, 0.2) is 0 Å². The number of aliphatic hydroxyl groups excluding tert-OH is 1. The Morgan fingerprint density at radius 3 is 1.83 bits per heavy atom. The van der Waals surface area contributed by atoms with Gasteiger partial charge in [-0.1, -0.05) is 71.1 Å². The number of aliphatic hydroxyl groups is 1. The molecule has 8 heteroatoms. The molecule has 0 saturated carbocycles. The van der Waals surface area contributed by atoms with E-state index < -0.39 is 20.0 Å². The third-order valence-electron chi connectivity index (χ3n) is 3.70. The van der Waals surface area contributed by atoms with Crippen molar-refractivity contribution in [1.82, 2.24) is 0 Å². The van der Waals surface area contributed by atoms with E-state index in [1.54, 1.807) is 0 Å². The Morgan fingerprint density at radius 2 is 1.43 bits per heavy atom. The van der Waals surface area contributed by atoms with Gasteiger partial charge in [-0.25, -0.2) is 4.57 Å². The van der Waals surface area contributed by atoms with Gasteiger partial charge >= 0.3 is 37.4 Å². The molecule has 0 bridgehead atoms. The van der Waals surface area contributed by atoms with Crippen LogP contribution in [-0.2, 0) is 9.09 Å². The maximum Gasteiger partial charge on any atom is 1.00 e. The molecule has 0 saturated heterocycles. The molecular formula is C15H33ClNaO5P. The molecule has 5 nitrogen and oxygen atoms in total. The fourth-order valence-electron chi connectivity index (χ4n) is 2.42. The van der Waals surface area contributed by atoms with Crippen LogP contribution in [0.5, 0.6) is 0 Å². The molecule has 2 atom stereocenters. The molecule has 0 rings (SSSR count). The van der Waals surface area contributed by atoms with E-state index in [9.17, 15) is 9.67 Å². The SMILES string of the molecule is CCCCCCCCCCCCC(OP(=O)(O)O)C(O)CCl.[H-].[Na+]. The largest absolute Gasteiger partial charge is 1.00 e. The molecule has 0 aromatic rings. The number of hydrogen-bond donors (Lipinski definition) is 3. The first-order valence-electron chi connectivity index (χ1n) is 8.38. The van der Waals surface area contributed by atoms with Crippen LogP contribution in [0.25, 0.3) is 0 Å². The van der Waals surface area contributed by atoms with Crippen LogP contribution < -0.4 is 29.6 Å². The number of phosphoric acid groups is 1. The van der Waals surface area contributed by atoms with Crippen LogP contribution in [0.2, 0.25) is 0 Å². The quantitative estimate of drug-likeness (QED) is 0.173. The van der Waals surface area contributed by atoms with E-state index in [1.165, 1.54) is 44.9 Å². The predicted octanol–water partition coefficient (Wildman–Crippen LogP) is 1.49. The summed E-state index contributed by atoms with van der Waals surface area (Å²) in [5, 5.41) is 9.62. The Hall–Kier alpha value is 1.36. The van der Waals surface area contributed by atoms with E-state index in [0.717, 1.165) is 19.3 Å². The smallest absolute Gasteiger partial charge is 1.00 e. The Kier molecular flexibility index (Phi) is 19.4. The summed E-state index contributed by atoms with van der Waals surface area (Å²) in [5.41, 5.74) is 0. The summed E-state index contributed by atoms with van der Waals surface area (Å²) in [6, 6.07) is 0. The van der Waals surface area contributed by atoms with Crippen LogP contribution in [0.1, 0.15) is 79.0 Å². The van der Waals surface area contributed by atoms with Crippen LogP contribution in [0.4, 0.5) is 0 Å². The first-order chi connectivity index (χ1) is 10.4. The Balaban J connectivity index is -0.00000220. The maximum atomic E-state index is 10.9. The third kappa shape index (κ3) is 18.0. The van der Waals surface area contributed by atoms with Gasteiger partial charge in [-0.2, -0.15) is 0 Å². The summed E-state index contributed by atoms with van der Waals surface area (Å²) < 4.78 is 15.5. The van der Waals surface area contributed by atoms with Crippen molar-refractivity contribution in [3.05, 3.63) is 0 Å². The molecule has 0 aromatic heterocycles. The van der Waals surface area contributed by atoms with Gasteiger partial charge in [0, 0.05) is 0 Å². The van der Waals surface area contributed by atoms with Crippen LogP contribution in [0, 0.1) is 0 Å². The molecule has 0 spiro atoms. The Labute approximate surface area is 169 Å². The van der Waals surface area contributed by atoms with Crippen LogP contribution >= 0.6 is 19.4 Å². The minimum atomic E-state index is -4.59. The van der Waals surface area contributed by atoms with Crippen molar-refractivity contribution in [3.63, 3.8) is 0 Å². The molecule has 2 unspecified atom stereocenters. The Morgan fingerprint density at radius 1 is 1.00 bits per heavy atom. The normalized spacial score (nSPS) is 14.3. The number of hydrogen-bond acceptors (Lipinski definition) is 3. The number of halogens is 1. The Bertz CT molecular complexity index is 310. The summed E-state index contributed by atoms with van der Waals surface area (Å²) in [6.45, 7) is 2.21. The fourth-order valence-corrected chi connectivity index (χ4v) is 3.22. The van der Waals surface area contributed by atoms with Crippen molar-refractivity contribution in [1.29, 1.82) is 0 Å². The molecule has 0 aliphatic heterocycles. The number of unbranched alkanes of at least 4 members (excludes halogenated alkanes) is 9. The van der Waals surface area contributed by atoms with Gasteiger partial charge in [-0.05, 0) is 6.42 Å². The van der Waals surface area contributed by atoms with E-state index in [1.807, 2.05) is 0 Å². The van der Waals surface area contributed by atoms with Crippen molar-refractivity contribution in [2.24, 2.45) is 0 Å². The second-order valence-electron chi connectivity index (χ2n) is 5.83. The van der Waals surface area contributed by atoms with E-state index in [0.29, 0.717) is 6.42 Å². The molecule has 136 valence electrons. The molecular weight excluding hydrogens is 350 g/mol. The van der Waals surface area contributed by atoms with Crippen molar-refractivity contribution in [2.75, 3.05) is 5.88 Å². The van der Waals surface area contributed by atoms with Gasteiger partial charge in [-0.15, -0.1) is 11.6 Å². The standard InChI is InChI=1S/C15H32ClO5P.Na.H/c1-2-3-4-5-6-7-8-9-10-11-12-15(14(17)13-16)21-22(18,19)20;;/h14-15,17H,2-13H2,1H3,(H2,18,19,20);;/q;+1;-1. The van der Waals surface area contributed by atoms with Crippen molar-refractivity contribution in [3.8, 4) is 0 Å². The second kappa shape index (κ2) is 16.8. The summed E-state index contributed by atoms with van der Waals surface area (Å²) in [7, 11) is -4.59. The number of phosphoric ester groups is 1. The second-order valence-corrected chi connectivity index (χ2v) is 7.33. The molecule has 0 fully saturated rings. The predicted molar refractivity (Wildman–Crippen MR) is 91.2 cm³/mol. The topological polar surface area (TPSA) is 87.0 Å². The fraction of sp³-hybridized carbons (Fsp3) is 1.00. The van der Waals surface area contributed by atoms with E-state index in [4.69, 9.17) is 21.4 Å². The summed E-state index contributed by atoms with van der Waals surface area (Å²) in [6.07, 6.45) is 10.3.